The summed E-state index contributed by atoms with van der Waals surface area (Å²) in [4.78, 5) is 23.7. The summed E-state index contributed by atoms with van der Waals surface area (Å²) in [5.74, 6) is -83.2. The highest BCUT2D eigenvalue weighted by Crippen LogP contribution is 2.71. The van der Waals surface area contributed by atoms with Crippen molar-refractivity contribution in [1.29, 1.82) is 0 Å². The first-order valence-corrected chi connectivity index (χ1v) is 11.8. The lowest BCUT2D eigenvalue weighted by atomic mass is 9.71. The maximum absolute atomic E-state index is 14.7. The Hall–Kier alpha value is -3.38. The Labute approximate surface area is 248 Å². The van der Waals surface area contributed by atoms with E-state index >= 15 is 0 Å². The van der Waals surface area contributed by atoms with Gasteiger partial charge in [-0.1, -0.05) is 24.3 Å². The molecule has 0 atom stereocenters. The molecule has 0 aromatic heterocycles. The highest BCUT2D eigenvalue weighted by atomic mass is 19.4. The third-order valence-corrected chi connectivity index (χ3v) is 7.44. The number of hydrogen-bond donors (Lipinski definition) is 2. The SMILES string of the molecule is O=C(NCc1ccc(CNC(=O)C2(F)C(F)(F)C(F)(F)C(F)(F)C(F)(F)C2(F)F)cc1)C1(F)C(F)(F)C(F)(F)C(F)(F)C(F)(F)C1(F)F. The van der Waals surface area contributed by atoms with E-state index < -0.39 is 107 Å². The van der Waals surface area contributed by atoms with Crippen molar-refractivity contribution in [2.45, 2.75) is 83.7 Å². The fraction of sp³-hybridized carbons (Fsp3) is 0.636. The Morgan fingerprint density at radius 1 is 0.354 bits per heavy atom. The summed E-state index contributed by atoms with van der Waals surface area (Å²) in [5.41, 5.74) is -15.6. The first-order valence-electron chi connectivity index (χ1n) is 11.8. The van der Waals surface area contributed by atoms with Gasteiger partial charge in [0, 0.05) is 13.1 Å². The molecule has 1 aromatic rings. The van der Waals surface area contributed by atoms with Crippen LogP contribution in [0.3, 0.4) is 0 Å². The van der Waals surface area contributed by atoms with Gasteiger partial charge in [0.15, 0.2) is 0 Å². The molecule has 0 aliphatic heterocycles. The van der Waals surface area contributed by atoms with Crippen LogP contribution in [-0.4, -0.2) is 82.4 Å². The van der Waals surface area contributed by atoms with Gasteiger partial charge in [0.05, 0.1) is 0 Å². The molecule has 2 aliphatic carbocycles. The molecule has 4 nitrogen and oxygen atoms in total. The van der Waals surface area contributed by atoms with Gasteiger partial charge in [-0.05, 0) is 11.1 Å². The molecule has 48 heavy (non-hydrogen) atoms. The average molecular weight is 752 g/mol. The van der Waals surface area contributed by atoms with Crippen molar-refractivity contribution in [3.8, 4) is 0 Å². The minimum absolute atomic E-state index is 0.444. The van der Waals surface area contributed by atoms with Crippen LogP contribution in [0.25, 0.3) is 0 Å². The Balaban J connectivity index is 1.82. The predicted molar refractivity (Wildman–Crippen MR) is 107 cm³/mol. The summed E-state index contributed by atoms with van der Waals surface area (Å²) in [6, 6.07) is 1.77. The summed E-state index contributed by atoms with van der Waals surface area (Å²) < 4.78 is 303. The Kier molecular flexibility index (Phi) is 8.21. The molecule has 0 saturated heterocycles. The van der Waals surface area contributed by atoms with E-state index in [1.54, 1.807) is 0 Å². The van der Waals surface area contributed by atoms with Crippen LogP contribution in [0, 0.1) is 0 Å². The van der Waals surface area contributed by atoms with Gasteiger partial charge in [0.25, 0.3) is 11.8 Å². The predicted octanol–water partition coefficient (Wildman–Crippen LogP) is 6.72. The molecule has 0 radical (unpaired) electrons. The molecule has 2 aliphatic rings. The molecule has 274 valence electrons. The van der Waals surface area contributed by atoms with Gasteiger partial charge in [-0.25, -0.2) is 8.78 Å². The van der Waals surface area contributed by atoms with Crippen molar-refractivity contribution in [2.75, 3.05) is 0 Å². The van der Waals surface area contributed by atoms with Crippen LogP contribution in [0.15, 0.2) is 24.3 Å². The number of carbonyl (C=O) groups excluding carboxylic acids is 2. The second kappa shape index (κ2) is 10.1. The second-order valence-corrected chi connectivity index (χ2v) is 10.2. The third kappa shape index (κ3) is 3.96. The van der Waals surface area contributed by atoms with Crippen molar-refractivity contribution in [2.24, 2.45) is 0 Å². The molecular weight excluding hydrogens is 742 g/mol. The molecule has 2 N–H and O–H groups in total. The topological polar surface area (TPSA) is 58.2 Å². The summed E-state index contributed by atoms with van der Waals surface area (Å²) in [6.45, 7) is -3.22. The highest BCUT2D eigenvalue weighted by molar-refractivity contribution is 5.89. The molecule has 0 unspecified atom stereocenters. The van der Waals surface area contributed by atoms with Crippen LogP contribution in [0.5, 0.6) is 0 Å². The summed E-state index contributed by atoms with van der Waals surface area (Å²) >= 11 is 0. The molecule has 0 spiro atoms. The quantitative estimate of drug-likeness (QED) is 0.318. The highest BCUT2D eigenvalue weighted by Gasteiger charge is 3.04. The second-order valence-electron chi connectivity index (χ2n) is 10.2. The van der Waals surface area contributed by atoms with Crippen molar-refractivity contribution in [1.82, 2.24) is 10.6 Å². The Morgan fingerprint density at radius 2 is 0.521 bits per heavy atom. The minimum Gasteiger partial charge on any atom is -0.349 e. The molecule has 1 aromatic carbocycles. The standard InChI is InChI=1S/C22H10F22N2O2/c23-11(13(25,26)17(33,34)21(41,42)18(35,36)14(11,27)28)9(47)45-5-7-1-2-8(4-3-7)6-46-10(48)12(24)15(29,30)19(37,38)22(43,44)20(39,40)16(12,31)32/h1-4H,5-6H2,(H,45,47)(H,46,48). The fourth-order valence-corrected chi connectivity index (χ4v) is 4.40. The lowest BCUT2D eigenvalue weighted by Crippen LogP contribution is -2.86. The molecular formula is C22H10F22N2O2. The molecule has 0 bridgehead atoms. The van der Waals surface area contributed by atoms with Crippen LogP contribution in [0.2, 0.25) is 0 Å². The molecule has 2 fully saturated rings. The van der Waals surface area contributed by atoms with Crippen molar-refractivity contribution in [3.05, 3.63) is 35.4 Å². The maximum atomic E-state index is 14.7. The summed E-state index contributed by atoms with van der Waals surface area (Å²) in [5, 5.41) is 1.41. The number of carbonyl (C=O) groups is 2. The number of amides is 2. The van der Waals surface area contributed by atoms with Crippen LogP contribution in [-0.2, 0) is 22.7 Å². The molecule has 3 rings (SSSR count). The van der Waals surface area contributed by atoms with E-state index in [9.17, 15) is 106 Å². The molecule has 2 amide bonds. The zero-order chi connectivity index (χ0) is 38.0. The van der Waals surface area contributed by atoms with Gasteiger partial charge in [0.1, 0.15) is 0 Å². The van der Waals surface area contributed by atoms with Gasteiger partial charge in [0.2, 0.25) is 0 Å². The van der Waals surface area contributed by atoms with E-state index in [2.05, 4.69) is 0 Å². The van der Waals surface area contributed by atoms with Crippen molar-refractivity contribution < 1.29 is 106 Å². The number of hydrogen-bond acceptors (Lipinski definition) is 2. The lowest BCUT2D eigenvalue weighted by Gasteiger charge is -2.51. The normalized spacial score (nSPS) is 28.5. The van der Waals surface area contributed by atoms with E-state index in [1.807, 2.05) is 0 Å². The smallest absolute Gasteiger partial charge is 0.349 e. The zero-order valence-electron chi connectivity index (χ0n) is 21.9. The first-order chi connectivity index (χ1) is 21.0. The number of rotatable bonds is 6. The zero-order valence-corrected chi connectivity index (χ0v) is 21.9. The monoisotopic (exact) mass is 752 g/mol. The number of alkyl halides is 22. The van der Waals surface area contributed by atoms with Crippen LogP contribution >= 0.6 is 0 Å². The van der Waals surface area contributed by atoms with E-state index in [1.165, 1.54) is 0 Å². The fourth-order valence-electron chi connectivity index (χ4n) is 4.40. The number of nitrogens with one attached hydrogen (secondary N) is 2. The van der Waals surface area contributed by atoms with Gasteiger partial charge < -0.3 is 10.6 Å². The maximum Gasteiger partial charge on any atom is 0.384 e. The van der Waals surface area contributed by atoms with E-state index in [4.69, 9.17) is 0 Å². The lowest BCUT2D eigenvalue weighted by molar-refractivity contribution is -0.476. The van der Waals surface area contributed by atoms with Crippen molar-refractivity contribution in [3.63, 3.8) is 0 Å². The third-order valence-electron chi connectivity index (χ3n) is 7.44. The summed E-state index contributed by atoms with van der Waals surface area (Å²) in [6.07, 6.45) is 0. The van der Waals surface area contributed by atoms with Crippen molar-refractivity contribution >= 4 is 11.8 Å². The largest absolute Gasteiger partial charge is 0.384 e. The first kappa shape index (κ1) is 39.1. The van der Waals surface area contributed by atoms with Gasteiger partial charge in [-0.2, -0.15) is 87.8 Å². The van der Waals surface area contributed by atoms with Crippen LogP contribution < -0.4 is 10.6 Å². The summed E-state index contributed by atoms with van der Waals surface area (Å²) in [7, 11) is 0. The molecule has 0 heterocycles. The number of benzene rings is 1. The Bertz CT molecular complexity index is 1300. The van der Waals surface area contributed by atoms with E-state index in [-0.39, 0.29) is 0 Å². The van der Waals surface area contributed by atoms with Crippen LogP contribution in [0.1, 0.15) is 11.1 Å². The Morgan fingerprint density at radius 3 is 0.708 bits per heavy atom. The average Bonchev–Trinajstić information content (AvgIpc) is 2.95. The van der Waals surface area contributed by atoms with E-state index in [0.717, 1.165) is 0 Å². The minimum atomic E-state index is -7.62. The molecule has 26 heteroatoms. The van der Waals surface area contributed by atoms with E-state index in [0.29, 0.717) is 34.9 Å². The van der Waals surface area contributed by atoms with Crippen LogP contribution in [0.4, 0.5) is 96.6 Å². The van der Waals surface area contributed by atoms with Gasteiger partial charge in [-0.3, -0.25) is 9.59 Å². The molecule has 2 saturated carbocycles. The number of halogens is 22. The van der Waals surface area contributed by atoms with Gasteiger partial charge >= 0.3 is 70.6 Å². The van der Waals surface area contributed by atoms with Gasteiger partial charge in [-0.15, -0.1) is 0 Å².